The summed E-state index contributed by atoms with van der Waals surface area (Å²) in [6.45, 7) is 2.44. The minimum Gasteiger partial charge on any atom is -0.497 e. The van der Waals surface area contributed by atoms with E-state index in [1.807, 2.05) is 0 Å². The molecule has 3 rings (SSSR count). The zero-order valence-electron chi connectivity index (χ0n) is 17.9. The Morgan fingerprint density at radius 1 is 0.871 bits per heavy atom. The summed E-state index contributed by atoms with van der Waals surface area (Å²) < 4.78 is 10.5. The molecule has 2 aromatic rings. The predicted octanol–water partition coefficient (Wildman–Crippen LogP) is 3.15. The standard InChI is InChI=1S/C23H27N3O5/c1-15(27)24-18-4-6-19(7-5-18)25-22(28)16-8-10-26(11-9-16)23(29)17-12-20(30-2)14-21(13-17)31-3/h4-7,12-14,16H,8-11H2,1-3H3,(H,24,27)(H,25,28). The van der Waals surface area contributed by atoms with E-state index in [9.17, 15) is 14.4 Å². The summed E-state index contributed by atoms with van der Waals surface area (Å²) in [6, 6.07) is 12.1. The van der Waals surface area contributed by atoms with Gasteiger partial charge in [-0.25, -0.2) is 0 Å². The van der Waals surface area contributed by atoms with Gasteiger partial charge in [0.2, 0.25) is 11.8 Å². The number of piperidine rings is 1. The lowest BCUT2D eigenvalue weighted by Crippen LogP contribution is -2.41. The summed E-state index contributed by atoms with van der Waals surface area (Å²) in [5, 5.41) is 5.60. The normalized spacial score (nSPS) is 14.0. The number of methoxy groups -OCH3 is 2. The van der Waals surface area contributed by atoms with Crippen LogP contribution in [0.25, 0.3) is 0 Å². The van der Waals surface area contributed by atoms with E-state index in [0.717, 1.165) is 0 Å². The molecule has 0 aromatic heterocycles. The highest BCUT2D eigenvalue weighted by molar-refractivity contribution is 5.96. The van der Waals surface area contributed by atoms with Gasteiger partial charge in [0.15, 0.2) is 0 Å². The lowest BCUT2D eigenvalue weighted by Gasteiger charge is -2.31. The Balaban J connectivity index is 1.56. The van der Waals surface area contributed by atoms with Gasteiger partial charge in [0.25, 0.3) is 5.91 Å². The molecule has 0 spiro atoms. The number of benzene rings is 2. The summed E-state index contributed by atoms with van der Waals surface area (Å²) >= 11 is 0. The smallest absolute Gasteiger partial charge is 0.254 e. The summed E-state index contributed by atoms with van der Waals surface area (Å²) in [4.78, 5) is 38.4. The molecule has 31 heavy (non-hydrogen) atoms. The van der Waals surface area contributed by atoms with Crippen LogP contribution in [-0.2, 0) is 9.59 Å². The molecule has 1 aliphatic rings. The van der Waals surface area contributed by atoms with Gasteiger partial charge in [-0.15, -0.1) is 0 Å². The fourth-order valence-electron chi connectivity index (χ4n) is 3.54. The van der Waals surface area contributed by atoms with E-state index in [2.05, 4.69) is 10.6 Å². The molecule has 8 nitrogen and oxygen atoms in total. The first-order valence-corrected chi connectivity index (χ1v) is 10.1. The molecule has 1 saturated heterocycles. The molecule has 8 heteroatoms. The Morgan fingerprint density at radius 2 is 1.39 bits per heavy atom. The van der Waals surface area contributed by atoms with Crippen LogP contribution >= 0.6 is 0 Å². The second kappa shape index (κ2) is 9.97. The minimum absolute atomic E-state index is 0.0672. The molecule has 0 radical (unpaired) electrons. The number of amides is 3. The molecule has 2 N–H and O–H groups in total. The Morgan fingerprint density at radius 3 is 1.87 bits per heavy atom. The van der Waals surface area contributed by atoms with Crippen molar-refractivity contribution in [3.63, 3.8) is 0 Å². The fourth-order valence-corrected chi connectivity index (χ4v) is 3.54. The molecule has 1 heterocycles. The van der Waals surface area contributed by atoms with Crippen molar-refractivity contribution in [1.82, 2.24) is 4.90 Å². The molecular weight excluding hydrogens is 398 g/mol. The maximum atomic E-state index is 12.9. The van der Waals surface area contributed by atoms with E-state index in [-0.39, 0.29) is 23.6 Å². The van der Waals surface area contributed by atoms with Crippen LogP contribution in [0.4, 0.5) is 11.4 Å². The highest BCUT2D eigenvalue weighted by atomic mass is 16.5. The van der Waals surface area contributed by atoms with Crippen molar-refractivity contribution >= 4 is 29.1 Å². The first kappa shape index (κ1) is 22.1. The van der Waals surface area contributed by atoms with Crippen LogP contribution in [0.15, 0.2) is 42.5 Å². The Kier molecular flexibility index (Phi) is 7.12. The molecule has 0 unspecified atom stereocenters. The molecule has 0 saturated carbocycles. The first-order chi connectivity index (χ1) is 14.9. The van der Waals surface area contributed by atoms with Gasteiger partial charge >= 0.3 is 0 Å². The number of nitrogens with zero attached hydrogens (tertiary/aromatic N) is 1. The van der Waals surface area contributed by atoms with Gasteiger partial charge in [-0.2, -0.15) is 0 Å². The minimum atomic E-state index is -0.168. The molecular formula is C23H27N3O5. The average molecular weight is 425 g/mol. The van der Waals surface area contributed by atoms with Gasteiger partial charge in [-0.1, -0.05) is 0 Å². The quantitative estimate of drug-likeness (QED) is 0.741. The number of carbonyl (C=O) groups excluding carboxylic acids is 3. The second-order valence-electron chi connectivity index (χ2n) is 7.42. The third kappa shape index (κ3) is 5.75. The SMILES string of the molecule is COc1cc(OC)cc(C(=O)N2CCC(C(=O)Nc3ccc(NC(C)=O)cc3)CC2)c1. The van der Waals surface area contributed by atoms with Crippen molar-refractivity contribution in [3.05, 3.63) is 48.0 Å². The summed E-state index contributed by atoms with van der Waals surface area (Å²) in [6.07, 6.45) is 1.17. The second-order valence-corrected chi connectivity index (χ2v) is 7.42. The largest absolute Gasteiger partial charge is 0.497 e. The van der Waals surface area contributed by atoms with Crippen LogP contribution in [-0.4, -0.2) is 49.9 Å². The molecule has 0 aliphatic carbocycles. The Labute approximate surface area is 181 Å². The van der Waals surface area contributed by atoms with Crippen molar-refractivity contribution in [3.8, 4) is 11.5 Å². The number of likely N-dealkylation sites (tertiary alicyclic amines) is 1. The van der Waals surface area contributed by atoms with Gasteiger partial charge in [-0.05, 0) is 49.2 Å². The van der Waals surface area contributed by atoms with Gasteiger partial charge in [0.1, 0.15) is 11.5 Å². The van der Waals surface area contributed by atoms with E-state index >= 15 is 0 Å². The van der Waals surface area contributed by atoms with Crippen molar-refractivity contribution in [2.24, 2.45) is 5.92 Å². The highest BCUT2D eigenvalue weighted by Gasteiger charge is 2.28. The molecule has 0 bridgehead atoms. The maximum Gasteiger partial charge on any atom is 0.254 e. The first-order valence-electron chi connectivity index (χ1n) is 10.1. The molecule has 1 fully saturated rings. The van der Waals surface area contributed by atoms with Crippen molar-refractivity contribution in [2.45, 2.75) is 19.8 Å². The monoisotopic (exact) mass is 425 g/mol. The maximum absolute atomic E-state index is 12.9. The van der Waals surface area contributed by atoms with Gasteiger partial charge < -0.3 is 25.0 Å². The van der Waals surface area contributed by atoms with E-state index in [1.54, 1.807) is 61.6 Å². The number of ether oxygens (including phenoxy) is 2. The number of hydrogen-bond donors (Lipinski definition) is 2. The van der Waals surface area contributed by atoms with Gasteiger partial charge in [-0.3, -0.25) is 14.4 Å². The average Bonchev–Trinajstić information content (AvgIpc) is 2.79. The summed E-state index contributed by atoms with van der Waals surface area (Å²) in [5.41, 5.74) is 1.84. The number of hydrogen-bond acceptors (Lipinski definition) is 5. The van der Waals surface area contributed by atoms with Crippen LogP contribution in [0, 0.1) is 5.92 Å². The highest BCUT2D eigenvalue weighted by Crippen LogP contribution is 2.26. The number of carbonyl (C=O) groups is 3. The fraction of sp³-hybridized carbons (Fsp3) is 0.348. The van der Waals surface area contributed by atoms with E-state index in [0.29, 0.717) is 54.4 Å². The van der Waals surface area contributed by atoms with E-state index < -0.39 is 0 Å². The summed E-state index contributed by atoms with van der Waals surface area (Å²) in [5.74, 6) is 0.624. The lowest BCUT2D eigenvalue weighted by atomic mass is 9.95. The zero-order chi connectivity index (χ0) is 22.4. The third-order valence-corrected chi connectivity index (χ3v) is 5.22. The third-order valence-electron chi connectivity index (χ3n) is 5.22. The Hall–Kier alpha value is -3.55. The molecule has 1 aliphatic heterocycles. The predicted molar refractivity (Wildman–Crippen MR) is 118 cm³/mol. The van der Waals surface area contributed by atoms with Crippen molar-refractivity contribution < 1.29 is 23.9 Å². The van der Waals surface area contributed by atoms with Crippen LogP contribution in [0.3, 0.4) is 0 Å². The molecule has 3 amide bonds. The lowest BCUT2D eigenvalue weighted by molar-refractivity contribution is -0.121. The Bertz CT molecular complexity index is 928. The van der Waals surface area contributed by atoms with Crippen LogP contribution in [0.2, 0.25) is 0 Å². The van der Waals surface area contributed by atoms with E-state index in [4.69, 9.17) is 9.47 Å². The van der Waals surface area contributed by atoms with Crippen LogP contribution < -0.4 is 20.1 Å². The number of anilines is 2. The topological polar surface area (TPSA) is 97.0 Å². The van der Waals surface area contributed by atoms with Crippen molar-refractivity contribution in [2.75, 3.05) is 37.9 Å². The van der Waals surface area contributed by atoms with E-state index in [1.165, 1.54) is 6.92 Å². The molecule has 0 atom stereocenters. The molecule has 164 valence electrons. The number of nitrogens with one attached hydrogen (secondary N) is 2. The van der Waals surface area contributed by atoms with Crippen LogP contribution in [0.5, 0.6) is 11.5 Å². The zero-order valence-corrected chi connectivity index (χ0v) is 17.9. The molecule has 2 aromatic carbocycles. The number of rotatable bonds is 6. The summed E-state index contributed by atoms with van der Waals surface area (Å²) in [7, 11) is 3.08. The van der Waals surface area contributed by atoms with Crippen LogP contribution in [0.1, 0.15) is 30.1 Å². The van der Waals surface area contributed by atoms with Gasteiger partial charge in [0.05, 0.1) is 14.2 Å². The van der Waals surface area contributed by atoms with Crippen molar-refractivity contribution in [1.29, 1.82) is 0 Å². The van der Waals surface area contributed by atoms with Gasteiger partial charge in [0, 0.05) is 48.9 Å².